The van der Waals surface area contributed by atoms with Crippen LogP contribution in [0.2, 0.25) is 0 Å². The molecule has 88 valence electrons. The maximum atomic E-state index is 12.1. The van der Waals surface area contributed by atoms with Gasteiger partial charge in [0.25, 0.3) is 0 Å². The lowest BCUT2D eigenvalue weighted by molar-refractivity contribution is -0.137. The Balaban J connectivity index is 2.56. The van der Waals surface area contributed by atoms with Crippen molar-refractivity contribution in [3.8, 4) is 0 Å². The van der Waals surface area contributed by atoms with E-state index in [4.69, 9.17) is 10.8 Å². The van der Waals surface area contributed by atoms with E-state index in [-0.39, 0.29) is 24.5 Å². The van der Waals surface area contributed by atoms with Crippen molar-refractivity contribution in [3.05, 3.63) is 0 Å². The molecular weight excluding hydrogens is 192 g/mol. The van der Waals surface area contributed by atoms with E-state index in [2.05, 4.69) is 6.92 Å². The number of aliphatic hydroxyl groups is 1. The molecule has 15 heavy (non-hydrogen) atoms. The number of rotatable bonds is 5. The minimum Gasteiger partial charge on any atom is -0.394 e. The standard InChI is InChI=1S/C11H22N2O2/c1-2-4-9(7-12)11(15)13-6-3-5-10(13)8-14/h9-10,14H,2-8,12H2,1H3/t9?,10-/m1/s1. The molecule has 1 amide bonds. The summed E-state index contributed by atoms with van der Waals surface area (Å²) < 4.78 is 0. The van der Waals surface area contributed by atoms with Gasteiger partial charge in [-0.25, -0.2) is 0 Å². The number of likely N-dealkylation sites (tertiary alicyclic amines) is 1. The van der Waals surface area contributed by atoms with Gasteiger partial charge in [0, 0.05) is 13.1 Å². The van der Waals surface area contributed by atoms with Gasteiger partial charge in [0.15, 0.2) is 0 Å². The van der Waals surface area contributed by atoms with Crippen LogP contribution in [-0.4, -0.2) is 41.7 Å². The van der Waals surface area contributed by atoms with Crippen molar-refractivity contribution >= 4 is 5.91 Å². The average molecular weight is 214 g/mol. The molecule has 2 atom stereocenters. The molecule has 1 fully saturated rings. The average Bonchev–Trinajstić information content (AvgIpc) is 2.72. The zero-order valence-electron chi connectivity index (χ0n) is 9.48. The van der Waals surface area contributed by atoms with E-state index < -0.39 is 0 Å². The zero-order valence-corrected chi connectivity index (χ0v) is 9.48. The SMILES string of the molecule is CCCC(CN)C(=O)N1CCC[C@@H]1CO. The van der Waals surface area contributed by atoms with E-state index in [1.807, 2.05) is 4.90 Å². The Morgan fingerprint density at radius 2 is 2.40 bits per heavy atom. The van der Waals surface area contributed by atoms with E-state index in [0.717, 1.165) is 32.2 Å². The number of nitrogens with zero attached hydrogens (tertiary/aromatic N) is 1. The van der Waals surface area contributed by atoms with Gasteiger partial charge in [-0.15, -0.1) is 0 Å². The van der Waals surface area contributed by atoms with Crippen molar-refractivity contribution in [2.45, 2.75) is 38.6 Å². The molecule has 4 nitrogen and oxygen atoms in total. The van der Waals surface area contributed by atoms with Crippen LogP contribution in [0.1, 0.15) is 32.6 Å². The largest absolute Gasteiger partial charge is 0.394 e. The fraction of sp³-hybridized carbons (Fsp3) is 0.909. The molecule has 1 saturated heterocycles. The van der Waals surface area contributed by atoms with Gasteiger partial charge in [-0.05, 0) is 19.3 Å². The summed E-state index contributed by atoms with van der Waals surface area (Å²) in [5, 5.41) is 9.14. The normalized spacial score (nSPS) is 23.1. The minimum absolute atomic E-state index is 0.0309. The summed E-state index contributed by atoms with van der Waals surface area (Å²) >= 11 is 0. The van der Waals surface area contributed by atoms with Crippen molar-refractivity contribution in [1.82, 2.24) is 4.90 Å². The van der Waals surface area contributed by atoms with E-state index in [1.54, 1.807) is 0 Å². The highest BCUT2D eigenvalue weighted by Crippen LogP contribution is 2.20. The van der Waals surface area contributed by atoms with Crippen LogP contribution in [0.25, 0.3) is 0 Å². The van der Waals surface area contributed by atoms with Crippen molar-refractivity contribution < 1.29 is 9.90 Å². The fourth-order valence-electron chi connectivity index (χ4n) is 2.24. The van der Waals surface area contributed by atoms with Gasteiger partial charge in [0.2, 0.25) is 5.91 Å². The minimum atomic E-state index is -0.0536. The molecule has 0 aliphatic carbocycles. The van der Waals surface area contributed by atoms with E-state index in [1.165, 1.54) is 0 Å². The van der Waals surface area contributed by atoms with Gasteiger partial charge in [0.1, 0.15) is 0 Å². The lowest BCUT2D eigenvalue weighted by atomic mass is 10.0. The van der Waals surface area contributed by atoms with Crippen molar-refractivity contribution in [2.24, 2.45) is 11.7 Å². The molecule has 0 aromatic heterocycles. The van der Waals surface area contributed by atoms with Crippen LogP contribution in [0.5, 0.6) is 0 Å². The first kappa shape index (κ1) is 12.5. The van der Waals surface area contributed by atoms with Gasteiger partial charge < -0.3 is 15.7 Å². The highest BCUT2D eigenvalue weighted by Gasteiger charge is 2.31. The van der Waals surface area contributed by atoms with Crippen LogP contribution in [0.4, 0.5) is 0 Å². The summed E-state index contributed by atoms with van der Waals surface area (Å²) in [5.74, 6) is 0.0815. The second kappa shape index (κ2) is 6.08. The van der Waals surface area contributed by atoms with Crippen molar-refractivity contribution in [1.29, 1.82) is 0 Å². The molecule has 0 saturated carbocycles. The van der Waals surface area contributed by atoms with Crippen molar-refractivity contribution in [3.63, 3.8) is 0 Å². The van der Waals surface area contributed by atoms with Crippen LogP contribution < -0.4 is 5.73 Å². The smallest absolute Gasteiger partial charge is 0.227 e. The summed E-state index contributed by atoms with van der Waals surface area (Å²) in [6, 6.07) is 0.0309. The number of aliphatic hydroxyl groups excluding tert-OH is 1. The lowest BCUT2D eigenvalue weighted by Gasteiger charge is -2.27. The number of nitrogens with two attached hydrogens (primary N) is 1. The summed E-state index contributed by atoms with van der Waals surface area (Å²) in [7, 11) is 0. The molecule has 4 heteroatoms. The second-order valence-electron chi connectivity index (χ2n) is 4.23. The molecule has 0 aromatic rings. The number of carbonyl (C=O) groups is 1. The maximum absolute atomic E-state index is 12.1. The Bertz CT molecular complexity index is 209. The molecule has 1 aliphatic rings. The molecule has 1 heterocycles. The van der Waals surface area contributed by atoms with Crippen LogP contribution >= 0.6 is 0 Å². The molecule has 1 unspecified atom stereocenters. The van der Waals surface area contributed by atoms with E-state index >= 15 is 0 Å². The lowest BCUT2D eigenvalue weighted by Crippen LogP contribution is -2.43. The summed E-state index contributed by atoms with van der Waals surface area (Å²) in [4.78, 5) is 13.9. The van der Waals surface area contributed by atoms with Gasteiger partial charge in [-0.3, -0.25) is 4.79 Å². The van der Waals surface area contributed by atoms with Gasteiger partial charge in [-0.1, -0.05) is 13.3 Å². The molecule has 0 radical (unpaired) electrons. The van der Waals surface area contributed by atoms with Gasteiger partial charge >= 0.3 is 0 Å². The monoisotopic (exact) mass is 214 g/mol. The predicted octanol–water partition coefficient (Wildman–Crippen LogP) is 0.345. The molecule has 1 rings (SSSR count). The van der Waals surface area contributed by atoms with Crippen LogP contribution in [-0.2, 0) is 4.79 Å². The third-order valence-electron chi connectivity index (χ3n) is 3.14. The summed E-state index contributed by atoms with van der Waals surface area (Å²) in [6.45, 7) is 3.34. The Labute approximate surface area is 91.4 Å². The summed E-state index contributed by atoms with van der Waals surface area (Å²) in [6.07, 6.45) is 3.75. The molecule has 1 aliphatic heterocycles. The zero-order chi connectivity index (χ0) is 11.3. The van der Waals surface area contributed by atoms with Gasteiger partial charge in [0.05, 0.1) is 18.6 Å². The first-order valence-electron chi connectivity index (χ1n) is 5.86. The Morgan fingerprint density at radius 3 is 2.93 bits per heavy atom. The van der Waals surface area contributed by atoms with Crippen molar-refractivity contribution in [2.75, 3.05) is 19.7 Å². The Kier molecular flexibility index (Phi) is 5.05. The molecule has 0 aromatic carbocycles. The second-order valence-corrected chi connectivity index (χ2v) is 4.23. The highest BCUT2D eigenvalue weighted by atomic mass is 16.3. The fourth-order valence-corrected chi connectivity index (χ4v) is 2.24. The molecule has 3 N–H and O–H groups in total. The molecule has 0 spiro atoms. The quantitative estimate of drug-likeness (QED) is 0.693. The first-order valence-corrected chi connectivity index (χ1v) is 5.86. The number of amides is 1. The Morgan fingerprint density at radius 1 is 1.67 bits per heavy atom. The third-order valence-corrected chi connectivity index (χ3v) is 3.14. The predicted molar refractivity (Wildman–Crippen MR) is 59.3 cm³/mol. The van der Waals surface area contributed by atoms with E-state index in [9.17, 15) is 4.79 Å². The van der Waals surface area contributed by atoms with Gasteiger partial charge in [-0.2, -0.15) is 0 Å². The highest BCUT2D eigenvalue weighted by molar-refractivity contribution is 5.79. The van der Waals surface area contributed by atoms with Crippen LogP contribution in [0.15, 0.2) is 0 Å². The Hall–Kier alpha value is -0.610. The first-order chi connectivity index (χ1) is 7.24. The summed E-state index contributed by atoms with van der Waals surface area (Å²) in [5.41, 5.74) is 5.60. The number of carbonyl (C=O) groups excluding carboxylic acids is 1. The molecular formula is C11H22N2O2. The van der Waals surface area contributed by atoms with E-state index in [0.29, 0.717) is 6.54 Å². The third kappa shape index (κ3) is 2.92. The van der Waals surface area contributed by atoms with Crippen LogP contribution in [0, 0.1) is 5.92 Å². The van der Waals surface area contributed by atoms with Crippen LogP contribution in [0.3, 0.4) is 0 Å². The number of hydrogen-bond acceptors (Lipinski definition) is 3. The topological polar surface area (TPSA) is 66.6 Å². The maximum Gasteiger partial charge on any atom is 0.227 e. The number of hydrogen-bond donors (Lipinski definition) is 2. The molecule has 0 bridgehead atoms.